The lowest BCUT2D eigenvalue weighted by molar-refractivity contribution is -0.665. The molecule has 1 nitrogen and oxygen atoms in total. The highest BCUT2D eigenvalue weighted by molar-refractivity contribution is 7.24. The van der Waals surface area contributed by atoms with E-state index in [0.29, 0.717) is 0 Å². The first-order valence-corrected chi connectivity index (χ1v) is 19.0. The van der Waals surface area contributed by atoms with Crippen molar-refractivity contribution in [2.75, 3.05) is 0 Å². The molecule has 8 rings (SSSR count). The first-order chi connectivity index (χ1) is 24.2. The van der Waals surface area contributed by atoms with E-state index >= 15 is 0 Å². The Morgan fingerprint density at radius 2 is 0.980 bits per heavy atom. The smallest absolute Gasteiger partial charge is 0.262 e. The number of aryl methyl sites for hydroxylation is 1. The summed E-state index contributed by atoms with van der Waals surface area (Å²) in [6.07, 6.45) is 4.53. The summed E-state index contributed by atoms with van der Waals surface area (Å²) >= 11 is 5.56. The molecule has 3 heterocycles. The SMILES string of the molecule is CC[n+]1c(/C=C/c2ccc(-c3ccc(-c4ccc(C(=C(c5ccccc5)c5ccccc5)c5ccccc5)cc4)s3)s2)sc2ccccc21.[I-]. The van der Waals surface area contributed by atoms with Crippen LogP contribution in [0.15, 0.2) is 164 Å². The zero-order chi connectivity index (χ0) is 33.0. The molecule has 0 aliphatic carbocycles. The van der Waals surface area contributed by atoms with Crippen molar-refractivity contribution in [3.8, 4) is 20.2 Å². The molecule has 0 saturated carbocycles. The van der Waals surface area contributed by atoms with Gasteiger partial charge < -0.3 is 24.0 Å². The van der Waals surface area contributed by atoms with Crippen LogP contribution in [-0.4, -0.2) is 0 Å². The summed E-state index contributed by atoms with van der Waals surface area (Å²) in [5, 5.41) is 1.28. The fraction of sp³-hybridized carbons (Fsp3) is 0.0444. The molecule has 0 N–H and O–H groups in total. The lowest BCUT2D eigenvalue weighted by atomic mass is 9.85. The summed E-state index contributed by atoms with van der Waals surface area (Å²) in [5.41, 5.74) is 9.83. The Morgan fingerprint density at radius 1 is 0.480 bits per heavy atom. The van der Waals surface area contributed by atoms with Crippen LogP contribution in [0.25, 0.3) is 53.7 Å². The zero-order valence-corrected chi connectivity index (χ0v) is 32.1. The Kier molecular flexibility index (Phi) is 10.7. The van der Waals surface area contributed by atoms with Crippen molar-refractivity contribution in [2.45, 2.75) is 13.5 Å². The van der Waals surface area contributed by atoms with E-state index in [1.54, 1.807) is 0 Å². The molecule has 0 atom stereocenters. The van der Waals surface area contributed by atoms with Crippen LogP contribution in [0.3, 0.4) is 0 Å². The molecule has 5 aromatic carbocycles. The summed E-state index contributed by atoms with van der Waals surface area (Å²) in [6.45, 7) is 3.18. The third-order valence-electron chi connectivity index (χ3n) is 8.71. The van der Waals surface area contributed by atoms with E-state index in [1.165, 1.54) is 73.7 Å². The molecule has 5 heteroatoms. The van der Waals surface area contributed by atoms with Gasteiger partial charge in [0, 0.05) is 31.7 Å². The van der Waals surface area contributed by atoms with E-state index in [0.717, 1.165) is 6.54 Å². The molecule has 244 valence electrons. The number of para-hydroxylation sites is 1. The highest BCUT2D eigenvalue weighted by Gasteiger charge is 2.18. The van der Waals surface area contributed by atoms with Gasteiger partial charge in [0.15, 0.2) is 0 Å². The number of rotatable bonds is 9. The molecule has 0 saturated heterocycles. The maximum atomic E-state index is 2.39. The summed E-state index contributed by atoms with van der Waals surface area (Å²) in [5.74, 6) is 0. The Hall–Kier alpha value is -4.40. The number of hydrogen-bond acceptors (Lipinski definition) is 3. The molecule has 0 aliphatic rings. The van der Waals surface area contributed by atoms with Crippen LogP contribution in [0, 0.1) is 0 Å². The predicted molar refractivity (Wildman–Crippen MR) is 214 cm³/mol. The number of thiazole rings is 1. The highest BCUT2D eigenvalue weighted by atomic mass is 127. The van der Waals surface area contributed by atoms with Crippen molar-refractivity contribution < 1.29 is 28.5 Å². The highest BCUT2D eigenvalue weighted by Crippen LogP contribution is 2.40. The number of thiophene rings is 2. The summed E-state index contributed by atoms with van der Waals surface area (Å²) < 4.78 is 3.72. The minimum atomic E-state index is 0. The van der Waals surface area contributed by atoms with Crippen molar-refractivity contribution in [2.24, 2.45) is 0 Å². The third kappa shape index (κ3) is 7.10. The van der Waals surface area contributed by atoms with Gasteiger partial charge in [0.25, 0.3) is 5.01 Å². The number of nitrogens with zero attached hydrogens (tertiary/aromatic N) is 1. The fourth-order valence-electron chi connectivity index (χ4n) is 6.38. The second-order valence-electron chi connectivity index (χ2n) is 11.8. The number of fused-ring (bicyclic) bond motifs is 1. The summed E-state index contributed by atoms with van der Waals surface area (Å²) in [6, 6.07) is 59.1. The summed E-state index contributed by atoms with van der Waals surface area (Å²) in [4.78, 5) is 5.14. The molecule has 0 fully saturated rings. The maximum absolute atomic E-state index is 2.39. The monoisotopic (exact) mass is 811 g/mol. The summed E-state index contributed by atoms with van der Waals surface area (Å²) in [7, 11) is 0. The van der Waals surface area contributed by atoms with Crippen molar-refractivity contribution in [3.05, 3.63) is 196 Å². The van der Waals surface area contributed by atoms with Gasteiger partial charge in [0.2, 0.25) is 5.52 Å². The minimum absolute atomic E-state index is 0. The number of hydrogen-bond donors (Lipinski definition) is 0. The van der Waals surface area contributed by atoms with Gasteiger partial charge in [-0.05, 0) is 82.3 Å². The van der Waals surface area contributed by atoms with Crippen molar-refractivity contribution in [3.63, 3.8) is 0 Å². The third-order valence-corrected chi connectivity index (χ3v) is 12.2. The van der Waals surface area contributed by atoms with Crippen molar-refractivity contribution in [1.82, 2.24) is 0 Å². The Labute approximate surface area is 323 Å². The van der Waals surface area contributed by atoms with Crippen LogP contribution < -0.4 is 28.5 Å². The van der Waals surface area contributed by atoms with Gasteiger partial charge in [-0.25, -0.2) is 0 Å². The standard InChI is InChI=1S/C45H34NS3.HI/c1-2-46-38-20-12-13-21-40(38)49-43(46)31-27-37-26-28-41(47-37)42-30-29-39(48-42)32-22-24-36(25-23-32)45(35-18-10-5-11-19-35)44(33-14-6-3-7-15-33)34-16-8-4-9-17-34;/h3-31H,2H2,1H3;1H/q+1;/p-1/b31-27+;. The van der Waals surface area contributed by atoms with E-state index < -0.39 is 0 Å². The molecule has 0 unspecified atom stereocenters. The van der Waals surface area contributed by atoms with Crippen LogP contribution >= 0.6 is 34.0 Å². The average molecular weight is 812 g/mol. The first-order valence-electron chi connectivity index (χ1n) is 16.6. The van der Waals surface area contributed by atoms with Crippen LogP contribution in [-0.2, 0) is 6.54 Å². The second-order valence-corrected chi connectivity index (χ2v) is 15.0. The normalized spacial score (nSPS) is 11.1. The van der Waals surface area contributed by atoms with Gasteiger partial charge in [0.05, 0.1) is 0 Å². The molecule has 8 aromatic rings. The molecular weight excluding hydrogens is 778 g/mol. The van der Waals surface area contributed by atoms with E-state index in [2.05, 4.69) is 187 Å². The predicted octanol–water partition coefficient (Wildman–Crippen LogP) is 9.85. The maximum Gasteiger partial charge on any atom is 0.262 e. The number of halogens is 1. The lowest BCUT2D eigenvalue weighted by Gasteiger charge is -2.18. The van der Waals surface area contributed by atoms with Gasteiger partial charge in [0.1, 0.15) is 11.2 Å². The largest absolute Gasteiger partial charge is 1.00 e. The molecule has 3 aromatic heterocycles. The van der Waals surface area contributed by atoms with Gasteiger partial charge in [-0.3, -0.25) is 0 Å². The molecule has 0 bridgehead atoms. The molecule has 0 amide bonds. The Bertz CT molecular complexity index is 2360. The van der Waals surface area contributed by atoms with E-state index in [9.17, 15) is 0 Å². The van der Waals surface area contributed by atoms with Crippen LogP contribution in [0.5, 0.6) is 0 Å². The zero-order valence-electron chi connectivity index (χ0n) is 27.5. The van der Waals surface area contributed by atoms with E-state index in [-0.39, 0.29) is 24.0 Å². The van der Waals surface area contributed by atoms with Crippen molar-refractivity contribution >= 4 is 67.5 Å². The second kappa shape index (κ2) is 15.7. The van der Waals surface area contributed by atoms with Crippen LogP contribution in [0.4, 0.5) is 0 Å². The van der Waals surface area contributed by atoms with Gasteiger partial charge in [-0.15, -0.1) is 22.7 Å². The topological polar surface area (TPSA) is 3.88 Å². The van der Waals surface area contributed by atoms with Crippen LogP contribution in [0.2, 0.25) is 0 Å². The van der Waals surface area contributed by atoms with Gasteiger partial charge in [-0.2, -0.15) is 4.57 Å². The molecule has 0 aliphatic heterocycles. The molecule has 50 heavy (non-hydrogen) atoms. The van der Waals surface area contributed by atoms with Crippen LogP contribution in [0.1, 0.15) is 39.1 Å². The van der Waals surface area contributed by atoms with Crippen molar-refractivity contribution in [1.29, 1.82) is 0 Å². The lowest BCUT2D eigenvalue weighted by Crippen LogP contribution is -3.00. The fourth-order valence-corrected chi connectivity index (χ4v) is 9.52. The Balaban J connectivity index is 0.00000392. The molecule has 0 spiro atoms. The Morgan fingerprint density at radius 3 is 1.58 bits per heavy atom. The molecule has 0 radical (unpaired) electrons. The van der Waals surface area contributed by atoms with Gasteiger partial charge >= 0.3 is 0 Å². The first kappa shape index (κ1) is 34.1. The molecular formula is C45H34INS3. The quantitative estimate of drug-likeness (QED) is 0.0777. The number of aromatic nitrogens is 1. The van der Waals surface area contributed by atoms with E-state index in [4.69, 9.17) is 0 Å². The van der Waals surface area contributed by atoms with E-state index in [1.807, 2.05) is 34.0 Å². The van der Waals surface area contributed by atoms with Gasteiger partial charge in [-0.1, -0.05) is 139 Å². The minimum Gasteiger partial charge on any atom is -1.00 e. The number of benzene rings is 5. The average Bonchev–Trinajstić information content (AvgIpc) is 3.93.